The molecule has 0 saturated heterocycles. The van der Waals surface area contributed by atoms with Gasteiger partial charge < -0.3 is 44.7 Å². The normalized spacial score (nSPS) is 12.0. The van der Waals surface area contributed by atoms with Gasteiger partial charge in [-0.05, 0) is 80.3 Å². The summed E-state index contributed by atoms with van der Waals surface area (Å²) in [5.74, 6) is -4.74. The molecule has 3 atom stereocenters. The van der Waals surface area contributed by atoms with Gasteiger partial charge in [0.2, 0.25) is 12.3 Å². The van der Waals surface area contributed by atoms with Crippen molar-refractivity contribution in [2.45, 2.75) is 84.9 Å². The van der Waals surface area contributed by atoms with Crippen LogP contribution in [0.15, 0.2) is 96.1 Å². The van der Waals surface area contributed by atoms with E-state index < -0.39 is 60.1 Å². The monoisotopic (exact) mass is 895 g/mol. The maximum Gasteiger partial charge on any atom is 0.363 e. The van der Waals surface area contributed by atoms with E-state index in [9.17, 15) is 33.6 Å². The van der Waals surface area contributed by atoms with Crippen molar-refractivity contribution >= 4 is 47.7 Å². The fraction of sp³-hybridized carbons (Fsp3) is 0.354. The van der Waals surface area contributed by atoms with Crippen LogP contribution >= 0.6 is 0 Å². The summed E-state index contributed by atoms with van der Waals surface area (Å²) < 4.78 is 21.8. The first kappa shape index (κ1) is 50.2. The highest BCUT2D eigenvalue weighted by molar-refractivity contribution is 6.00. The van der Waals surface area contributed by atoms with E-state index in [1.54, 1.807) is 82.4 Å². The second kappa shape index (κ2) is 25.6. The average molecular weight is 896 g/mol. The molecule has 0 aliphatic carbocycles. The molecule has 17 nitrogen and oxygen atoms in total. The fourth-order valence-corrected chi connectivity index (χ4v) is 6.86. The lowest BCUT2D eigenvalue weighted by molar-refractivity contribution is -0.171. The highest BCUT2D eigenvalue weighted by Gasteiger charge is 2.34. The Morgan fingerprint density at radius 1 is 0.877 bits per heavy atom. The van der Waals surface area contributed by atoms with E-state index in [4.69, 9.17) is 23.5 Å². The number of anilines is 1. The Morgan fingerprint density at radius 2 is 1.63 bits per heavy atom. The number of hydrogen-bond donors (Lipinski definition) is 4. The molecule has 17 heteroatoms. The van der Waals surface area contributed by atoms with Crippen LogP contribution in [0.2, 0.25) is 0 Å². The minimum atomic E-state index is -1.41. The number of hydroxylamine groups is 2. The summed E-state index contributed by atoms with van der Waals surface area (Å²) in [5, 5.41) is 11.8. The number of amides is 4. The fourth-order valence-electron chi connectivity index (χ4n) is 6.86. The smallest absolute Gasteiger partial charge is 0.363 e. The van der Waals surface area contributed by atoms with Crippen LogP contribution in [0.4, 0.5) is 5.69 Å². The molecule has 0 aliphatic heterocycles. The van der Waals surface area contributed by atoms with E-state index in [1.165, 1.54) is 18.2 Å². The van der Waals surface area contributed by atoms with Crippen molar-refractivity contribution in [1.82, 2.24) is 21.0 Å². The van der Waals surface area contributed by atoms with Gasteiger partial charge in [0.25, 0.3) is 11.8 Å². The SMILES string of the molecule is C=COC(=O)C[C@H](NC(=O)c1ccc(-c2ccc(C(=O)NCNC(=O)[C@H](CCCCC)[C@@H](CC)N(C=O)OC(=O)c3ccc(NC)cc3C)o2)cc1OCC)C(=O)OCc1ccccc1. The molecule has 0 fully saturated rings. The van der Waals surface area contributed by atoms with Crippen LogP contribution in [0.25, 0.3) is 11.3 Å². The zero-order valence-electron chi connectivity index (χ0n) is 37.3. The third kappa shape index (κ3) is 14.6. The van der Waals surface area contributed by atoms with Crippen molar-refractivity contribution in [2.75, 3.05) is 25.6 Å². The molecule has 1 heterocycles. The summed E-state index contributed by atoms with van der Waals surface area (Å²) in [7, 11) is 1.76. The minimum absolute atomic E-state index is 0.0381. The molecule has 65 heavy (non-hydrogen) atoms. The third-order valence-electron chi connectivity index (χ3n) is 10.2. The van der Waals surface area contributed by atoms with Gasteiger partial charge in [-0.2, -0.15) is 5.06 Å². The Hall–Kier alpha value is -7.43. The van der Waals surface area contributed by atoms with Gasteiger partial charge in [0, 0.05) is 18.3 Å². The number of furan rings is 1. The minimum Gasteiger partial charge on any atom is -0.493 e. The molecule has 4 aromatic rings. The predicted octanol–water partition coefficient (Wildman–Crippen LogP) is 6.62. The van der Waals surface area contributed by atoms with E-state index in [2.05, 4.69) is 27.8 Å². The Labute approximate surface area is 378 Å². The molecule has 3 aromatic carbocycles. The largest absolute Gasteiger partial charge is 0.493 e. The molecule has 0 bridgehead atoms. The first-order chi connectivity index (χ1) is 31.4. The van der Waals surface area contributed by atoms with Crippen molar-refractivity contribution in [2.24, 2.45) is 5.92 Å². The number of rotatable bonds is 26. The number of nitrogens with one attached hydrogen (secondary N) is 4. The summed E-state index contributed by atoms with van der Waals surface area (Å²) in [6.07, 6.45) is 3.86. The lowest BCUT2D eigenvalue weighted by Crippen LogP contribution is -2.49. The van der Waals surface area contributed by atoms with Crippen molar-refractivity contribution in [3.05, 3.63) is 120 Å². The van der Waals surface area contributed by atoms with Gasteiger partial charge in [-0.15, -0.1) is 0 Å². The van der Waals surface area contributed by atoms with E-state index in [-0.39, 0.29) is 48.3 Å². The van der Waals surface area contributed by atoms with Crippen LogP contribution < -0.4 is 26.0 Å². The molecule has 0 radical (unpaired) electrons. The zero-order chi connectivity index (χ0) is 47.3. The first-order valence-corrected chi connectivity index (χ1v) is 21.4. The number of aryl methyl sites for hydroxylation is 1. The maximum atomic E-state index is 13.7. The lowest BCUT2D eigenvalue weighted by atomic mass is 9.90. The number of benzene rings is 3. The van der Waals surface area contributed by atoms with Crippen molar-refractivity contribution in [3.8, 4) is 17.1 Å². The molecule has 0 aliphatic rings. The number of nitrogens with zero attached hydrogens (tertiary/aromatic N) is 1. The zero-order valence-corrected chi connectivity index (χ0v) is 37.3. The van der Waals surface area contributed by atoms with E-state index in [1.807, 2.05) is 13.0 Å². The highest BCUT2D eigenvalue weighted by atomic mass is 16.7. The molecule has 4 rings (SSSR count). The second-order valence-electron chi connectivity index (χ2n) is 14.7. The van der Waals surface area contributed by atoms with Crippen LogP contribution in [0.1, 0.15) is 102 Å². The molecular weight excluding hydrogens is 839 g/mol. The molecular formula is C48H57N5O12. The van der Waals surface area contributed by atoms with Crippen molar-refractivity contribution in [3.63, 3.8) is 0 Å². The Morgan fingerprint density at radius 3 is 2.29 bits per heavy atom. The lowest BCUT2D eigenvalue weighted by Gasteiger charge is -2.32. The predicted molar refractivity (Wildman–Crippen MR) is 240 cm³/mol. The maximum absolute atomic E-state index is 13.7. The van der Waals surface area contributed by atoms with E-state index in [0.717, 1.165) is 29.9 Å². The van der Waals surface area contributed by atoms with E-state index >= 15 is 0 Å². The summed E-state index contributed by atoms with van der Waals surface area (Å²) in [6.45, 7) is 10.4. The van der Waals surface area contributed by atoms with Gasteiger partial charge in [-0.25, -0.2) is 9.59 Å². The molecule has 0 saturated carbocycles. The third-order valence-corrected chi connectivity index (χ3v) is 10.2. The quantitative estimate of drug-likeness (QED) is 0.0130. The molecule has 1 aromatic heterocycles. The van der Waals surface area contributed by atoms with Crippen molar-refractivity contribution in [1.29, 1.82) is 0 Å². The van der Waals surface area contributed by atoms with Gasteiger partial charge in [0.05, 0.1) is 49.0 Å². The Balaban J connectivity index is 1.42. The summed E-state index contributed by atoms with van der Waals surface area (Å²) in [6, 6.07) is 19.3. The molecule has 4 amide bonds. The Kier molecular flexibility index (Phi) is 19.8. The van der Waals surface area contributed by atoms with Gasteiger partial charge in [0.1, 0.15) is 24.2 Å². The molecule has 0 spiro atoms. The number of ether oxygens (including phenoxy) is 3. The molecule has 346 valence electrons. The van der Waals surface area contributed by atoms with Gasteiger partial charge in [-0.3, -0.25) is 24.0 Å². The van der Waals surface area contributed by atoms with Crippen LogP contribution in [0, 0.1) is 12.8 Å². The van der Waals surface area contributed by atoms with Crippen LogP contribution in [-0.2, 0) is 40.1 Å². The van der Waals surface area contributed by atoms with Gasteiger partial charge in [0.15, 0.2) is 5.76 Å². The van der Waals surface area contributed by atoms with Crippen LogP contribution in [-0.4, -0.2) is 79.5 Å². The van der Waals surface area contributed by atoms with Gasteiger partial charge >= 0.3 is 17.9 Å². The summed E-state index contributed by atoms with van der Waals surface area (Å²) in [4.78, 5) is 96.9. The number of hydrogen-bond acceptors (Lipinski definition) is 13. The first-order valence-electron chi connectivity index (χ1n) is 21.4. The number of unbranched alkanes of at least 4 members (excludes halogenated alkanes) is 2. The number of carbonyl (C=O) groups excluding carboxylic acids is 7. The topological polar surface area (TPSA) is 221 Å². The van der Waals surface area contributed by atoms with Crippen LogP contribution in [0.3, 0.4) is 0 Å². The summed E-state index contributed by atoms with van der Waals surface area (Å²) >= 11 is 0. The van der Waals surface area contributed by atoms with Gasteiger partial charge in [-0.1, -0.05) is 76.1 Å². The molecule has 4 N–H and O–H groups in total. The van der Waals surface area contributed by atoms with E-state index in [0.29, 0.717) is 42.4 Å². The highest BCUT2D eigenvalue weighted by Crippen LogP contribution is 2.30. The standard InChI is InChI=1S/C48H57N5O12/c1-7-11-13-18-36(39(8-2)53(30-54)65-47(59)35-22-20-34(49-6)25-31(35)5)44(56)50-29-51-46(58)41-24-23-40(64-41)33-19-21-37(42(26-33)61-9-3)45(57)52-38(27-43(55)62-10-4)48(60)63-28-32-16-14-12-15-17-32/h10,12,14-17,19-26,30,36,38-39,49H,4,7-9,11,13,18,27-29H2,1-3,5-6H3,(H,50,56)(H,51,58)(H,52,57)/t36-,38+,39-/m1/s1. The summed E-state index contributed by atoms with van der Waals surface area (Å²) in [5.41, 5.74) is 2.90. The Bertz CT molecular complexity index is 2280. The second-order valence-corrected chi connectivity index (χ2v) is 14.7. The number of carbonyl (C=O) groups is 7. The average Bonchev–Trinajstić information content (AvgIpc) is 3.81. The van der Waals surface area contributed by atoms with Crippen LogP contribution in [0.5, 0.6) is 5.75 Å². The number of esters is 2. The van der Waals surface area contributed by atoms with Crippen molar-refractivity contribution < 1.29 is 57.0 Å². The molecule has 0 unspecified atom stereocenters.